The largest absolute Gasteiger partial charge is 0.465 e. The molecule has 3 rings (SSSR count). The highest BCUT2D eigenvalue weighted by Gasteiger charge is 2.14. The van der Waals surface area contributed by atoms with Crippen LogP contribution in [0, 0.1) is 10.1 Å². The Morgan fingerprint density at radius 1 is 1.17 bits per heavy atom. The van der Waals surface area contributed by atoms with Crippen LogP contribution in [0.3, 0.4) is 0 Å². The van der Waals surface area contributed by atoms with E-state index in [1.165, 1.54) is 37.6 Å². The van der Waals surface area contributed by atoms with Gasteiger partial charge in [-0.2, -0.15) is 5.10 Å². The van der Waals surface area contributed by atoms with Crippen molar-refractivity contribution in [2.45, 2.75) is 0 Å². The van der Waals surface area contributed by atoms with Gasteiger partial charge in [0.25, 0.3) is 11.6 Å². The quantitative estimate of drug-likeness (QED) is 0.274. The number of nitro groups is 1. The number of nitro benzene ring substituents is 1. The minimum atomic E-state index is -0.566. The van der Waals surface area contributed by atoms with Crippen molar-refractivity contribution >= 4 is 35.4 Å². The van der Waals surface area contributed by atoms with E-state index in [2.05, 4.69) is 10.5 Å². The van der Waals surface area contributed by atoms with Crippen LogP contribution >= 0.6 is 11.6 Å². The lowest BCUT2D eigenvalue weighted by atomic mass is 10.1. The fraction of sp³-hybridized carbons (Fsp3) is 0.0500. The van der Waals surface area contributed by atoms with Crippen molar-refractivity contribution in [3.63, 3.8) is 0 Å². The average molecular weight is 428 g/mol. The molecule has 1 heterocycles. The first-order valence-corrected chi connectivity index (χ1v) is 8.83. The third kappa shape index (κ3) is 4.70. The van der Waals surface area contributed by atoms with Crippen LogP contribution in [0.2, 0.25) is 5.02 Å². The Labute approximate surface area is 175 Å². The van der Waals surface area contributed by atoms with Gasteiger partial charge in [-0.05, 0) is 42.5 Å². The molecule has 152 valence electrons. The number of benzene rings is 2. The standard InChI is InChI=1S/C20H14ClN3O6/c1-29-20(26)16-10-13(4-8-17(16)21)18-9-7-15(30-18)11-22-23-19(25)12-2-5-14(6-3-12)24(27)28/h2-11H,1H3,(H,23,25)/b22-11+. The minimum absolute atomic E-state index is 0.115. The highest BCUT2D eigenvalue weighted by atomic mass is 35.5. The summed E-state index contributed by atoms with van der Waals surface area (Å²) in [6.07, 6.45) is 1.30. The van der Waals surface area contributed by atoms with Crippen LogP contribution in [0.25, 0.3) is 11.3 Å². The number of halogens is 1. The summed E-state index contributed by atoms with van der Waals surface area (Å²) in [7, 11) is 1.26. The van der Waals surface area contributed by atoms with Gasteiger partial charge in [-0.1, -0.05) is 11.6 Å². The summed E-state index contributed by atoms with van der Waals surface area (Å²) in [6.45, 7) is 0. The molecule has 0 saturated heterocycles. The number of ether oxygens (including phenoxy) is 1. The number of hydrogen-bond donors (Lipinski definition) is 1. The molecule has 0 aliphatic heterocycles. The van der Waals surface area contributed by atoms with Crippen molar-refractivity contribution in [2.75, 3.05) is 7.11 Å². The summed E-state index contributed by atoms with van der Waals surface area (Å²) in [6, 6.07) is 13.2. The van der Waals surface area contributed by atoms with Crippen molar-refractivity contribution in [1.29, 1.82) is 0 Å². The number of hydrazone groups is 1. The van der Waals surface area contributed by atoms with Gasteiger partial charge in [0.15, 0.2) is 0 Å². The number of carbonyl (C=O) groups excluding carboxylic acids is 2. The first kappa shape index (κ1) is 20.7. The van der Waals surface area contributed by atoms with Crippen LogP contribution in [0.1, 0.15) is 26.5 Å². The zero-order chi connectivity index (χ0) is 21.7. The number of nitrogens with one attached hydrogen (secondary N) is 1. The predicted molar refractivity (Wildman–Crippen MR) is 109 cm³/mol. The van der Waals surface area contributed by atoms with Gasteiger partial charge < -0.3 is 9.15 Å². The zero-order valence-electron chi connectivity index (χ0n) is 15.5. The van der Waals surface area contributed by atoms with Crippen molar-refractivity contribution in [1.82, 2.24) is 5.43 Å². The summed E-state index contributed by atoms with van der Waals surface area (Å²) >= 11 is 6.01. The summed E-state index contributed by atoms with van der Waals surface area (Å²) in [5, 5.41) is 14.7. The third-order valence-electron chi connectivity index (χ3n) is 3.98. The van der Waals surface area contributed by atoms with Crippen molar-refractivity contribution in [3.8, 4) is 11.3 Å². The first-order valence-electron chi connectivity index (χ1n) is 8.45. The second-order valence-corrected chi connectivity index (χ2v) is 6.30. The number of amides is 1. The van der Waals surface area contributed by atoms with Crippen LogP contribution in [0.4, 0.5) is 5.69 Å². The number of carbonyl (C=O) groups is 2. The van der Waals surface area contributed by atoms with Crippen molar-refractivity contribution in [2.24, 2.45) is 5.10 Å². The number of furan rings is 1. The molecule has 0 atom stereocenters. The summed E-state index contributed by atoms with van der Waals surface area (Å²) in [5.74, 6) is -0.291. The Morgan fingerprint density at radius 2 is 1.90 bits per heavy atom. The Balaban J connectivity index is 1.68. The van der Waals surface area contributed by atoms with E-state index in [-0.39, 0.29) is 21.8 Å². The lowest BCUT2D eigenvalue weighted by Crippen LogP contribution is -2.17. The molecule has 30 heavy (non-hydrogen) atoms. The Bertz CT molecular complexity index is 1140. The molecule has 3 aromatic rings. The molecule has 10 heteroatoms. The Morgan fingerprint density at radius 3 is 2.57 bits per heavy atom. The number of esters is 1. The maximum Gasteiger partial charge on any atom is 0.339 e. The van der Waals surface area contributed by atoms with Crippen LogP contribution in [-0.4, -0.2) is 30.1 Å². The minimum Gasteiger partial charge on any atom is -0.465 e. The van der Waals surface area contributed by atoms with Crippen LogP contribution in [0.5, 0.6) is 0 Å². The lowest BCUT2D eigenvalue weighted by Gasteiger charge is -2.04. The smallest absolute Gasteiger partial charge is 0.339 e. The zero-order valence-corrected chi connectivity index (χ0v) is 16.3. The highest BCUT2D eigenvalue weighted by Crippen LogP contribution is 2.27. The second-order valence-electron chi connectivity index (χ2n) is 5.89. The molecule has 0 spiro atoms. The molecule has 9 nitrogen and oxygen atoms in total. The normalized spacial score (nSPS) is 10.7. The number of methoxy groups -OCH3 is 1. The van der Waals surface area contributed by atoms with Crippen LogP contribution < -0.4 is 5.43 Å². The molecular weight excluding hydrogens is 414 g/mol. The summed E-state index contributed by atoms with van der Waals surface area (Å²) < 4.78 is 10.3. The summed E-state index contributed by atoms with van der Waals surface area (Å²) in [5.41, 5.74) is 3.22. The topological polar surface area (TPSA) is 124 Å². The molecule has 1 amide bonds. The van der Waals surface area contributed by atoms with Gasteiger partial charge in [-0.3, -0.25) is 14.9 Å². The number of hydrogen-bond acceptors (Lipinski definition) is 7. The van der Waals surface area contributed by atoms with Gasteiger partial charge in [-0.25, -0.2) is 10.2 Å². The van der Waals surface area contributed by atoms with E-state index >= 15 is 0 Å². The molecule has 0 radical (unpaired) electrons. The molecule has 0 unspecified atom stereocenters. The molecule has 0 aliphatic rings. The van der Waals surface area contributed by atoms with Crippen LogP contribution in [-0.2, 0) is 4.74 Å². The maximum atomic E-state index is 12.0. The van der Waals surface area contributed by atoms with E-state index in [9.17, 15) is 19.7 Å². The van der Waals surface area contributed by atoms with Crippen molar-refractivity contribution < 1.29 is 23.7 Å². The fourth-order valence-electron chi connectivity index (χ4n) is 2.48. The van der Waals surface area contributed by atoms with Gasteiger partial charge >= 0.3 is 5.97 Å². The Hall–Kier alpha value is -3.98. The monoisotopic (exact) mass is 427 g/mol. The maximum absolute atomic E-state index is 12.0. The average Bonchev–Trinajstić information content (AvgIpc) is 3.22. The SMILES string of the molecule is COC(=O)c1cc(-c2ccc(/C=N/NC(=O)c3ccc([N+](=O)[O-])cc3)o2)ccc1Cl. The lowest BCUT2D eigenvalue weighted by molar-refractivity contribution is -0.384. The predicted octanol–water partition coefficient (Wildman–Crippen LogP) is 4.06. The molecule has 1 aromatic heterocycles. The molecule has 0 bridgehead atoms. The van der Waals surface area contributed by atoms with Gasteiger partial charge in [0.2, 0.25) is 0 Å². The number of rotatable bonds is 6. The molecule has 0 aliphatic carbocycles. The van der Waals surface area contributed by atoms with E-state index in [1.54, 1.807) is 30.3 Å². The fourth-order valence-corrected chi connectivity index (χ4v) is 2.67. The second kappa shape index (κ2) is 9.01. The van der Waals surface area contributed by atoms with E-state index in [0.29, 0.717) is 17.1 Å². The molecular formula is C20H14ClN3O6. The molecule has 0 saturated carbocycles. The molecule has 1 N–H and O–H groups in total. The van der Waals surface area contributed by atoms with Crippen LogP contribution in [0.15, 0.2) is 64.1 Å². The van der Waals surface area contributed by atoms with E-state index in [1.807, 2.05) is 0 Å². The number of non-ortho nitro benzene ring substituents is 1. The van der Waals surface area contributed by atoms with Gasteiger partial charge in [0.1, 0.15) is 11.5 Å². The van der Waals surface area contributed by atoms with Gasteiger partial charge in [-0.15, -0.1) is 0 Å². The number of nitrogens with zero attached hydrogens (tertiary/aromatic N) is 2. The van der Waals surface area contributed by atoms with Gasteiger partial charge in [0, 0.05) is 23.3 Å². The van der Waals surface area contributed by atoms with Gasteiger partial charge in [0.05, 0.1) is 28.8 Å². The van der Waals surface area contributed by atoms with E-state index in [4.69, 9.17) is 20.8 Å². The third-order valence-corrected chi connectivity index (χ3v) is 4.31. The van der Waals surface area contributed by atoms with Crippen molar-refractivity contribution in [3.05, 3.63) is 86.6 Å². The summed E-state index contributed by atoms with van der Waals surface area (Å²) in [4.78, 5) is 33.9. The van der Waals surface area contributed by atoms with E-state index < -0.39 is 16.8 Å². The molecule has 0 fully saturated rings. The first-order chi connectivity index (χ1) is 14.4. The molecule has 2 aromatic carbocycles. The highest BCUT2D eigenvalue weighted by molar-refractivity contribution is 6.33. The van der Waals surface area contributed by atoms with E-state index in [0.717, 1.165) is 0 Å². The Kier molecular flexibility index (Phi) is 6.23.